The SMILES string of the molecule is CC(C)CC(C)Nc1ccc(C(C)CC(=O)O)cc1. The molecular formula is C16H25NO2. The topological polar surface area (TPSA) is 49.3 Å². The van der Waals surface area contributed by atoms with E-state index in [0.29, 0.717) is 12.0 Å². The van der Waals surface area contributed by atoms with E-state index in [9.17, 15) is 4.79 Å². The molecule has 0 aliphatic rings. The van der Waals surface area contributed by atoms with Crippen molar-refractivity contribution >= 4 is 11.7 Å². The smallest absolute Gasteiger partial charge is 0.303 e. The quantitative estimate of drug-likeness (QED) is 0.778. The maximum Gasteiger partial charge on any atom is 0.303 e. The number of rotatable bonds is 7. The highest BCUT2D eigenvalue weighted by atomic mass is 16.4. The number of hydrogen-bond donors (Lipinski definition) is 2. The van der Waals surface area contributed by atoms with E-state index in [1.165, 1.54) is 0 Å². The highest BCUT2D eigenvalue weighted by Crippen LogP contribution is 2.21. The predicted molar refractivity (Wildman–Crippen MR) is 79.6 cm³/mol. The van der Waals surface area contributed by atoms with Crippen molar-refractivity contribution in [3.63, 3.8) is 0 Å². The fourth-order valence-electron chi connectivity index (χ4n) is 2.34. The molecule has 0 fully saturated rings. The lowest BCUT2D eigenvalue weighted by atomic mass is 9.97. The Bertz CT molecular complexity index is 398. The van der Waals surface area contributed by atoms with Crippen LogP contribution in [-0.4, -0.2) is 17.1 Å². The minimum absolute atomic E-state index is 0.0552. The highest BCUT2D eigenvalue weighted by Gasteiger charge is 2.10. The first kappa shape index (κ1) is 15.5. The van der Waals surface area contributed by atoms with Crippen molar-refractivity contribution in [3.05, 3.63) is 29.8 Å². The van der Waals surface area contributed by atoms with Gasteiger partial charge in [-0.1, -0.05) is 32.9 Å². The maximum absolute atomic E-state index is 10.7. The van der Waals surface area contributed by atoms with Gasteiger partial charge in [0, 0.05) is 11.7 Å². The Morgan fingerprint density at radius 2 is 1.74 bits per heavy atom. The van der Waals surface area contributed by atoms with Gasteiger partial charge in [0.1, 0.15) is 0 Å². The Morgan fingerprint density at radius 1 is 1.16 bits per heavy atom. The molecule has 0 amide bonds. The van der Waals surface area contributed by atoms with E-state index in [4.69, 9.17) is 5.11 Å². The van der Waals surface area contributed by atoms with Crippen LogP contribution in [0, 0.1) is 5.92 Å². The second-order valence-electron chi connectivity index (χ2n) is 5.80. The first-order valence-electron chi connectivity index (χ1n) is 6.96. The molecule has 1 rings (SSSR count). The molecule has 1 aromatic rings. The number of hydrogen-bond acceptors (Lipinski definition) is 2. The molecule has 0 aromatic heterocycles. The van der Waals surface area contributed by atoms with Gasteiger partial charge in [0.15, 0.2) is 0 Å². The van der Waals surface area contributed by atoms with Crippen LogP contribution in [0.2, 0.25) is 0 Å². The normalized spacial score (nSPS) is 14.2. The third-order valence-electron chi connectivity index (χ3n) is 3.20. The van der Waals surface area contributed by atoms with Crippen LogP contribution in [0.1, 0.15) is 52.0 Å². The van der Waals surface area contributed by atoms with Crippen molar-refractivity contribution in [1.29, 1.82) is 0 Å². The first-order valence-corrected chi connectivity index (χ1v) is 6.96. The zero-order valence-electron chi connectivity index (χ0n) is 12.3. The summed E-state index contributed by atoms with van der Waals surface area (Å²) < 4.78 is 0. The number of benzene rings is 1. The summed E-state index contributed by atoms with van der Waals surface area (Å²) in [5.74, 6) is -0.0164. The van der Waals surface area contributed by atoms with Gasteiger partial charge in [0.25, 0.3) is 0 Å². The zero-order valence-corrected chi connectivity index (χ0v) is 12.3. The number of aliphatic carboxylic acids is 1. The number of carboxylic acids is 1. The standard InChI is InChI=1S/C16H25NO2/c1-11(2)9-13(4)17-15-7-5-14(6-8-15)12(3)10-16(18)19/h5-8,11-13,17H,9-10H2,1-4H3,(H,18,19). The van der Waals surface area contributed by atoms with Crippen molar-refractivity contribution in [2.45, 2.75) is 52.5 Å². The Balaban J connectivity index is 2.58. The van der Waals surface area contributed by atoms with Crippen LogP contribution in [-0.2, 0) is 4.79 Å². The minimum Gasteiger partial charge on any atom is -0.481 e. The average Bonchev–Trinajstić information content (AvgIpc) is 2.27. The number of anilines is 1. The summed E-state index contributed by atoms with van der Waals surface area (Å²) in [5, 5.41) is 12.3. The summed E-state index contributed by atoms with van der Waals surface area (Å²) in [5.41, 5.74) is 2.17. The molecule has 1 aromatic carbocycles. The molecule has 2 unspecified atom stereocenters. The molecular weight excluding hydrogens is 238 g/mol. The summed E-state index contributed by atoms with van der Waals surface area (Å²) in [6.07, 6.45) is 1.31. The largest absolute Gasteiger partial charge is 0.481 e. The van der Waals surface area contributed by atoms with E-state index < -0.39 is 5.97 Å². The third-order valence-corrected chi connectivity index (χ3v) is 3.20. The predicted octanol–water partition coefficient (Wildman–Crippen LogP) is 4.11. The van der Waals surface area contributed by atoms with Gasteiger partial charge < -0.3 is 10.4 Å². The van der Waals surface area contributed by atoms with Gasteiger partial charge in [-0.05, 0) is 42.9 Å². The van der Waals surface area contributed by atoms with Gasteiger partial charge in [-0.3, -0.25) is 4.79 Å². The molecule has 0 bridgehead atoms. The lowest BCUT2D eigenvalue weighted by molar-refractivity contribution is -0.137. The molecule has 106 valence electrons. The van der Waals surface area contributed by atoms with E-state index in [1.54, 1.807) is 0 Å². The maximum atomic E-state index is 10.7. The molecule has 0 aliphatic carbocycles. The van der Waals surface area contributed by atoms with Crippen LogP contribution in [0.25, 0.3) is 0 Å². The van der Waals surface area contributed by atoms with Crippen molar-refractivity contribution in [1.82, 2.24) is 0 Å². The van der Waals surface area contributed by atoms with Crippen LogP contribution >= 0.6 is 0 Å². The van der Waals surface area contributed by atoms with Crippen LogP contribution in [0.15, 0.2) is 24.3 Å². The molecule has 0 heterocycles. The van der Waals surface area contributed by atoms with Crippen molar-refractivity contribution in [2.24, 2.45) is 5.92 Å². The van der Waals surface area contributed by atoms with Crippen LogP contribution in [0.4, 0.5) is 5.69 Å². The number of nitrogens with one attached hydrogen (secondary N) is 1. The second kappa shape index (κ2) is 7.17. The van der Waals surface area contributed by atoms with Gasteiger partial charge >= 0.3 is 5.97 Å². The molecule has 0 saturated heterocycles. The minimum atomic E-state index is -0.750. The Morgan fingerprint density at radius 3 is 2.21 bits per heavy atom. The Labute approximate surface area is 116 Å². The molecule has 3 heteroatoms. The van der Waals surface area contributed by atoms with Crippen LogP contribution < -0.4 is 5.32 Å². The van der Waals surface area contributed by atoms with E-state index in [1.807, 2.05) is 31.2 Å². The average molecular weight is 263 g/mol. The fraction of sp³-hybridized carbons (Fsp3) is 0.562. The molecule has 2 N–H and O–H groups in total. The van der Waals surface area contributed by atoms with Gasteiger partial charge in [0.05, 0.1) is 6.42 Å². The molecule has 0 spiro atoms. The first-order chi connectivity index (χ1) is 8.88. The molecule has 0 saturated carbocycles. The van der Waals surface area contributed by atoms with E-state index in [0.717, 1.165) is 17.7 Å². The van der Waals surface area contributed by atoms with Gasteiger partial charge in [-0.25, -0.2) is 0 Å². The van der Waals surface area contributed by atoms with E-state index >= 15 is 0 Å². The summed E-state index contributed by atoms with van der Waals surface area (Å²) >= 11 is 0. The van der Waals surface area contributed by atoms with E-state index in [-0.39, 0.29) is 12.3 Å². The molecule has 19 heavy (non-hydrogen) atoms. The number of carbonyl (C=O) groups is 1. The highest BCUT2D eigenvalue weighted by molar-refractivity contribution is 5.68. The van der Waals surface area contributed by atoms with Crippen LogP contribution in [0.5, 0.6) is 0 Å². The Hall–Kier alpha value is -1.51. The van der Waals surface area contributed by atoms with Crippen molar-refractivity contribution in [3.8, 4) is 0 Å². The lowest BCUT2D eigenvalue weighted by Crippen LogP contribution is -2.17. The summed E-state index contributed by atoms with van der Waals surface area (Å²) in [7, 11) is 0. The monoisotopic (exact) mass is 263 g/mol. The van der Waals surface area contributed by atoms with Gasteiger partial charge in [0.2, 0.25) is 0 Å². The zero-order chi connectivity index (χ0) is 14.4. The van der Waals surface area contributed by atoms with E-state index in [2.05, 4.69) is 26.1 Å². The molecule has 2 atom stereocenters. The molecule has 3 nitrogen and oxygen atoms in total. The Kier molecular flexibility index (Phi) is 5.87. The molecule has 0 aliphatic heterocycles. The fourth-order valence-corrected chi connectivity index (χ4v) is 2.34. The van der Waals surface area contributed by atoms with Crippen molar-refractivity contribution in [2.75, 3.05) is 5.32 Å². The van der Waals surface area contributed by atoms with Gasteiger partial charge in [-0.2, -0.15) is 0 Å². The molecule has 0 radical (unpaired) electrons. The second-order valence-corrected chi connectivity index (χ2v) is 5.80. The lowest BCUT2D eigenvalue weighted by Gasteiger charge is -2.18. The van der Waals surface area contributed by atoms with Crippen LogP contribution in [0.3, 0.4) is 0 Å². The summed E-state index contributed by atoms with van der Waals surface area (Å²) in [6.45, 7) is 8.56. The summed E-state index contributed by atoms with van der Waals surface area (Å²) in [4.78, 5) is 10.7. The number of carboxylic acid groups (broad SMARTS) is 1. The van der Waals surface area contributed by atoms with Gasteiger partial charge in [-0.15, -0.1) is 0 Å². The third kappa shape index (κ3) is 5.77. The summed E-state index contributed by atoms with van der Waals surface area (Å²) in [6, 6.07) is 8.53. The van der Waals surface area contributed by atoms with Crippen molar-refractivity contribution < 1.29 is 9.90 Å².